The molecule has 0 aliphatic rings. The molecule has 0 spiro atoms. The summed E-state index contributed by atoms with van der Waals surface area (Å²) in [5, 5.41) is 0.671. The Bertz CT molecular complexity index is 1110. The van der Waals surface area contributed by atoms with Gasteiger partial charge in [0.05, 0.1) is 0 Å². The first-order valence-corrected chi connectivity index (χ1v) is 8.63. The van der Waals surface area contributed by atoms with E-state index in [1.807, 2.05) is 0 Å². The van der Waals surface area contributed by atoms with Crippen LogP contribution in [0.3, 0.4) is 0 Å². The van der Waals surface area contributed by atoms with E-state index in [0.717, 1.165) is 0 Å². The fourth-order valence-electron chi connectivity index (χ4n) is 2.51. The minimum atomic E-state index is -0.686. The Morgan fingerprint density at radius 2 is 1.79 bits per heavy atom. The molecule has 1 amide bonds. The number of fused-ring (bicyclic) bond motifs is 1. The van der Waals surface area contributed by atoms with Gasteiger partial charge in [-0.2, -0.15) is 0 Å². The van der Waals surface area contributed by atoms with E-state index in [9.17, 15) is 14.4 Å². The Morgan fingerprint density at radius 3 is 2.57 bits per heavy atom. The third kappa shape index (κ3) is 4.35. The van der Waals surface area contributed by atoms with Gasteiger partial charge in [0, 0.05) is 25.0 Å². The lowest BCUT2D eigenvalue weighted by Crippen LogP contribution is -2.27. The van der Waals surface area contributed by atoms with Crippen molar-refractivity contribution in [1.82, 2.24) is 4.90 Å². The molecule has 0 radical (unpaired) electrons. The lowest BCUT2D eigenvalue weighted by atomic mass is 10.1. The zero-order valence-electron chi connectivity index (χ0n) is 15.5. The molecule has 0 unspecified atom stereocenters. The molecule has 2 aromatic carbocycles. The number of benzene rings is 2. The third-order valence-electron chi connectivity index (χ3n) is 4.09. The van der Waals surface area contributed by atoms with E-state index in [-0.39, 0.29) is 18.1 Å². The maximum absolute atomic E-state index is 12.5. The number of ether oxygens (including phenoxy) is 1. The van der Waals surface area contributed by atoms with Gasteiger partial charge in [0.1, 0.15) is 16.9 Å². The fourth-order valence-corrected chi connectivity index (χ4v) is 2.51. The van der Waals surface area contributed by atoms with Crippen LogP contribution in [0.5, 0.6) is 5.75 Å². The number of amides is 1. The standard InChI is InChI=1S/C22H19NO5/c1-23(2)21(25)14-27-19-9-5-3-7-15(19)11-12-18(24)17-13-16-8-4-6-10-20(16)28-22(17)26/h3-13H,14H2,1-2H3/b12-11+. The van der Waals surface area contributed by atoms with Gasteiger partial charge in [-0.05, 0) is 30.4 Å². The van der Waals surface area contributed by atoms with E-state index in [1.165, 1.54) is 17.0 Å². The minimum Gasteiger partial charge on any atom is -0.483 e. The highest BCUT2D eigenvalue weighted by Gasteiger charge is 2.12. The maximum Gasteiger partial charge on any atom is 0.347 e. The van der Waals surface area contributed by atoms with Gasteiger partial charge >= 0.3 is 5.63 Å². The number of allylic oxidation sites excluding steroid dienone is 1. The van der Waals surface area contributed by atoms with Crippen LogP contribution in [0.25, 0.3) is 17.0 Å². The molecule has 0 saturated heterocycles. The van der Waals surface area contributed by atoms with Crippen molar-refractivity contribution in [3.63, 3.8) is 0 Å². The highest BCUT2D eigenvalue weighted by molar-refractivity contribution is 6.07. The number of hydrogen-bond acceptors (Lipinski definition) is 5. The van der Waals surface area contributed by atoms with E-state index in [0.29, 0.717) is 22.3 Å². The van der Waals surface area contributed by atoms with Crippen LogP contribution >= 0.6 is 0 Å². The molecule has 0 saturated carbocycles. The number of carbonyl (C=O) groups is 2. The van der Waals surface area contributed by atoms with E-state index in [4.69, 9.17) is 9.15 Å². The van der Waals surface area contributed by atoms with E-state index >= 15 is 0 Å². The molecule has 142 valence electrons. The number of rotatable bonds is 6. The Labute approximate surface area is 161 Å². The molecule has 0 N–H and O–H groups in total. The molecule has 0 bridgehead atoms. The predicted octanol–water partition coefficient (Wildman–Crippen LogP) is 3.16. The van der Waals surface area contributed by atoms with Gasteiger partial charge in [0.15, 0.2) is 12.4 Å². The molecule has 0 atom stereocenters. The average Bonchev–Trinajstić information content (AvgIpc) is 2.70. The van der Waals surface area contributed by atoms with Gasteiger partial charge in [0.2, 0.25) is 0 Å². The first-order chi connectivity index (χ1) is 13.5. The molecule has 28 heavy (non-hydrogen) atoms. The first kappa shape index (κ1) is 19.1. The van der Waals surface area contributed by atoms with Crippen LogP contribution in [0.4, 0.5) is 0 Å². The summed E-state index contributed by atoms with van der Waals surface area (Å²) in [5.74, 6) is -0.186. The molecule has 3 aromatic rings. The molecular weight excluding hydrogens is 358 g/mol. The zero-order valence-corrected chi connectivity index (χ0v) is 15.5. The van der Waals surface area contributed by atoms with Crippen LogP contribution in [0, 0.1) is 0 Å². The summed E-state index contributed by atoms with van der Waals surface area (Å²) in [6, 6.07) is 15.5. The maximum atomic E-state index is 12.5. The van der Waals surface area contributed by atoms with E-state index < -0.39 is 11.4 Å². The summed E-state index contributed by atoms with van der Waals surface area (Å²) in [6.07, 6.45) is 2.84. The number of hydrogen-bond donors (Lipinski definition) is 0. The second kappa shape index (κ2) is 8.35. The monoisotopic (exact) mass is 377 g/mol. The van der Waals surface area contributed by atoms with Crippen molar-refractivity contribution in [2.75, 3.05) is 20.7 Å². The first-order valence-electron chi connectivity index (χ1n) is 8.63. The second-order valence-corrected chi connectivity index (χ2v) is 6.30. The van der Waals surface area contributed by atoms with Gasteiger partial charge in [-0.1, -0.05) is 36.4 Å². The lowest BCUT2D eigenvalue weighted by molar-refractivity contribution is -0.130. The van der Waals surface area contributed by atoms with Gasteiger partial charge in [-0.25, -0.2) is 4.79 Å². The number of ketones is 1. The third-order valence-corrected chi connectivity index (χ3v) is 4.09. The van der Waals surface area contributed by atoms with Crippen molar-refractivity contribution >= 4 is 28.7 Å². The largest absolute Gasteiger partial charge is 0.483 e. The van der Waals surface area contributed by atoms with Crippen molar-refractivity contribution < 1.29 is 18.7 Å². The zero-order chi connectivity index (χ0) is 20.1. The van der Waals surface area contributed by atoms with Crippen molar-refractivity contribution in [2.24, 2.45) is 0 Å². The van der Waals surface area contributed by atoms with E-state index in [1.54, 1.807) is 68.7 Å². The van der Waals surface area contributed by atoms with Crippen molar-refractivity contribution in [3.05, 3.63) is 82.2 Å². The van der Waals surface area contributed by atoms with Gasteiger partial charge in [-0.15, -0.1) is 0 Å². The quantitative estimate of drug-likeness (QED) is 0.375. The number of para-hydroxylation sites is 2. The Balaban J connectivity index is 1.82. The Morgan fingerprint density at radius 1 is 1.07 bits per heavy atom. The molecular formula is C22H19NO5. The summed E-state index contributed by atoms with van der Waals surface area (Å²) < 4.78 is 10.7. The molecule has 1 heterocycles. The summed E-state index contributed by atoms with van der Waals surface area (Å²) in [4.78, 5) is 37.7. The van der Waals surface area contributed by atoms with Gasteiger partial charge < -0.3 is 14.1 Å². The van der Waals surface area contributed by atoms with Crippen LogP contribution in [0.2, 0.25) is 0 Å². The van der Waals surface area contributed by atoms with Gasteiger partial charge in [0.25, 0.3) is 5.91 Å². The number of nitrogens with zero attached hydrogens (tertiary/aromatic N) is 1. The van der Waals surface area contributed by atoms with Crippen molar-refractivity contribution in [3.8, 4) is 5.75 Å². The van der Waals surface area contributed by atoms with Crippen LogP contribution in [0.15, 0.2) is 69.9 Å². The topological polar surface area (TPSA) is 76.8 Å². The Hall–Kier alpha value is -3.67. The van der Waals surface area contributed by atoms with Crippen molar-refractivity contribution in [2.45, 2.75) is 0 Å². The number of likely N-dealkylation sites (N-methyl/N-ethyl adjacent to an activating group) is 1. The molecule has 6 heteroatoms. The van der Waals surface area contributed by atoms with Crippen molar-refractivity contribution in [1.29, 1.82) is 0 Å². The van der Waals surface area contributed by atoms with Crippen LogP contribution in [0.1, 0.15) is 15.9 Å². The van der Waals surface area contributed by atoms with Crippen LogP contribution < -0.4 is 10.4 Å². The highest BCUT2D eigenvalue weighted by atomic mass is 16.5. The fraction of sp³-hybridized carbons (Fsp3) is 0.136. The molecule has 3 rings (SSSR count). The summed E-state index contributed by atoms with van der Waals surface area (Å²) in [6.45, 7) is -0.111. The molecule has 0 aliphatic carbocycles. The second-order valence-electron chi connectivity index (χ2n) is 6.30. The highest BCUT2D eigenvalue weighted by Crippen LogP contribution is 2.20. The summed E-state index contributed by atoms with van der Waals surface area (Å²) in [5.41, 5.74) is 0.315. The predicted molar refractivity (Wildman–Crippen MR) is 106 cm³/mol. The van der Waals surface area contributed by atoms with E-state index in [2.05, 4.69) is 0 Å². The average molecular weight is 377 g/mol. The molecule has 6 nitrogen and oxygen atoms in total. The summed E-state index contributed by atoms with van der Waals surface area (Å²) in [7, 11) is 3.29. The molecule has 1 aromatic heterocycles. The molecule has 0 fully saturated rings. The normalized spacial score (nSPS) is 10.9. The number of carbonyl (C=O) groups excluding carboxylic acids is 2. The smallest absolute Gasteiger partial charge is 0.347 e. The Kier molecular flexibility index (Phi) is 5.69. The minimum absolute atomic E-state index is 0.0452. The molecule has 0 aliphatic heterocycles. The SMILES string of the molecule is CN(C)C(=O)COc1ccccc1/C=C/C(=O)c1cc2ccccc2oc1=O. The van der Waals surface area contributed by atoms with Crippen LogP contribution in [-0.4, -0.2) is 37.3 Å². The van der Waals surface area contributed by atoms with Gasteiger partial charge in [-0.3, -0.25) is 9.59 Å². The lowest BCUT2D eigenvalue weighted by Gasteiger charge is -2.12. The summed E-state index contributed by atoms with van der Waals surface area (Å²) >= 11 is 0. The van der Waals surface area contributed by atoms with Crippen LogP contribution in [-0.2, 0) is 4.79 Å².